The van der Waals surface area contributed by atoms with Crippen molar-refractivity contribution in [1.82, 2.24) is 0 Å². The van der Waals surface area contributed by atoms with Gasteiger partial charge in [-0.2, -0.15) is 0 Å². The zero-order valence-electron chi connectivity index (χ0n) is 27.2. The molecule has 0 saturated heterocycles. The Bertz CT molecular complexity index is 2370. The lowest BCUT2D eigenvalue weighted by Crippen LogP contribution is -2.44. The molecule has 0 saturated carbocycles. The SMILES string of the molecule is CCN1C2=C(SC(C(=O)c3ccccc3)=C(C(=O)c3ccccc3)C23SC(C(=O)c2ccccc2)=C(C(=O)c2ccccc2)S3)Sc2ssc(=O)c21. The highest BCUT2D eigenvalue weighted by Gasteiger charge is 2.59. The Balaban J connectivity index is 1.43. The smallest absolute Gasteiger partial charge is 0.267 e. The van der Waals surface area contributed by atoms with Gasteiger partial charge in [0.25, 0.3) is 4.74 Å². The van der Waals surface area contributed by atoms with Crippen LogP contribution in [0.3, 0.4) is 0 Å². The van der Waals surface area contributed by atoms with Gasteiger partial charge >= 0.3 is 0 Å². The summed E-state index contributed by atoms with van der Waals surface area (Å²) >= 11 is 4.86. The lowest BCUT2D eigenvalue weighted by molar-refractivity contribution is 0.100. The van der Waals surface area contributed by atoms with Crippen LogP contribution in [-0.2, 0) is 0 Å². The minimum absolute atomic E-state index is 0.116. The molecule has 12 heteroatoms. The highest BCUT2D eigenvalue weighted by atomic mass is 32.9. The summed E-state index contributed by atoms with van der Waals surface area (Å²) in [6.45, 7) is 2.30. The molecule has 0 unspecified atom stereocenters. The minimum atomic E-state index is -1.51. The second-order valence-electron chi connectivity index (χ2n) is 11.6. The fourth-order valence-corrected chi connectivity index (χ4v) is 15.6. The number of allylic oxidation sites excluding steroid dienone is 3. The Morgan fingerprint density at radius 3 is 1.42 bits per heavy atom. The molecule has 1 spiro atoms. The van der Waals surface area contributed by atoms with Crippen molar-refractivity contribution in [3.05, 3.63) is 183 Å². The van der Waals surface area contributed by atoms with Crippen molar-refractivity contribution in [2.24, 2.45) is 0 Å². The van der Waals surface area contributed by atoms with E-state index in [0.29, 0.717) is 44.4 Å². The van der Waals surface area contributed by atoms with Crippen molar-refractivity contribution in [3.63, 3.8) is 0 Å². The average Bonchev–Trinajstić information content (AvgIpc) is 3.78. The van der Waals surface area contributed by atoms with Crippen molar-refractivity contribution in [2.75, 3.05) is 11.4 Å². The molecule has 0 atom stereocenters. The average molecular weight is 792 g/mol. The minimum Gasteiger partial charge on any atom is -0.336 e. The van der Waals surface area contributed by atoms with Gasteiger partial charge in [0.15, 0.2) is 11.6 Å². The molecule has 0 aliphatic carbocycles. The number of anilines is 1. The van der Waals surface area contributed by atoms with Gasteiger partial charge in [-0.25, -0.2) is 0 Å². The van der Waals surface area contributed by atoms with Crippen LogP contribution < -0.4 is 9.64 Å². The fourth-order valence-electron chi connectivity index (χ4n) is 6.19. The molecule has 4 heterocycles. The lowest BCUT2D eigenvalue weighted by Gasteiger charge is -2.45. The van der Waals surface area contributed by atoms with Crippen LogP contribution in [-0.4, -0.2) is 33.8 Å². The van der Waals surface area contributed by atoms with E-state index in [1.54, 1.807) is 97.1 Å². The van der Waals surface area contributed by atoms with Gasteiger partial charge in [0.05, 0.1) is 30.2 Å². The van der Waals surface area contributed by atoms with E-state index in [2.05, 4.69) is 0 Å². The fraction of sp³-hybridized carbons (Fsp3) is 0.0750. The summed E-state index contributed by atoms with van der Waals surface area (Å²) in [4.78, 5) is 75.2. The van der Waals surface area contributed by atoms with Gasteiger partial charge in [0, 0.05) is 28.8 Å². The molecule has 0 fully saturated rings. The Labute approximate surface area is 323 Å². The summed E-state index contributed by atoms with van der Waals surface area (Å²) in [5, 5.41) is 0. The quantitative estimate of drug-likeness (QED) is 0.106. The summed E-state index contributed by atoms with van der Waals surface area (Å²) in [5.74, 6) is -1.48. The van der Waals surface area contributed by atoms with E-state index < -0.39 is 9.86 Å². The third-order valence-electron chi connectivity index (χ3n) is 8.56. The van der Waals surface area contributed by atoms with E-state index >= 15 is 4.79 Å². The monoisotopic (exact) mass is 791 g/mol. The highest BCUT2D eigenvalue weighted by molar-refractivity contribution is 8.28. The van der Waals surface area contributed by atoms with Crippen LogP contribution in [0.4, 0.5) is 5.69 Å². The maximum absolute atomic E-state index is 15.2. The van der Waals surface area contributed by atoms with Gasteiger partial charge in [-0.1, -0.05) is 179 Å². The number of rotatable bonds is 9. The summed E-state index contributed by atoms with van der Waals surface area (Å²) in [6.07, 6.45) is 0. The number of nitrogens with zero attached hydrogens (tertiary/aromatic N) is 1. The molecule has 3 aliphatic rings. The zero-order chi connectivity index (χ0) is 36.0. The van der Waals surface area contributed by atoms with Crippen molar-refractivity contribution in [2.45, 2.75) is 15.2 Å². The molecule has 0 bridgehead atoms. The Morgan fingerprint density at radius 1 is 0.558 bits per heavy atom. The van der Waals surface area contributed by atoms with Crippen LogP contribution in [0.1, 0.15) is 48.4 Å². The molecule has 8 rings (SSSR count). The van der Waals surface area contributed by atoms with E-state index in [0.717, 1.165) is 38.1 Å². The van der Waals surface area contributed by atoms with E-state index in [-0.39, 0.29) is 42.4 Å². The Hall–Kier alpha value is -4.17. The maximum atomic E-state index is 15.2. The highest BCUT2D eigenvalue weighted by Crippen LogP contribution is 2.70. The van der Waals surface area contributed by atoms with Crippen LogP contribution in [0.15, 0.2) is 161 Å². The number of benzene rings is 4. The topological polar surface area (TPSA) is 88.6 Å². The van der Waals surface area contributed by atoms with Gasteiger partial charge in [0.1, 0.15) is 14.0 Å². The van der Waals surface area contributed by atoms with Gasteiger partial charge in [-0.15, -0.1) is 0 Å². The molecule has 0 amide bonds. The summed E-state index contributed by atoms with van der Waals surface area (Å²) in [7, 11) is 2.51. The zero-order valence-corrected chi connectivity index (χ0v) is 32.1. The van der Waals surface area contributed by atoms with Crippen molar-refractivity contribution in [1.29, 1.82) is 0 Å². The van der Waals surface area contributed by atoms with Crippen molar-refractivity contribution >= 4 is 96.5 Å². The largest absolute Gasteiger partial charge is 0.336 e. The first kappa shape index (κ1) is 34.9. The Morgan fingerprint density at radius 2 is 0.981 bits per heavy atom. The first-order valence-corrected chi connectivity index (χ1v) is 21.5. The van der Waals surface area contributed by atoms with Crippen molar-refractivity contribution in [3.8, 4) is 0 Å². The van der Waals surface area contributed by atoms with Crippen LogP contribution in [0.25, 0.3) is 0 Å². The predicted octanol–water partition coefficient (Wildman–Crippen LogP) is 10.2. The number of hydrogen-bond acceptors (Lipinski definition) is 12. The third kappa shape index (κ3) is 5.91. The molecule has 5 aromatic rings. The number of fused-ring (bicyclic) bond motifs is 2. The standard InChI is InChI=1S/C40H25NO5S6/c1-2-41-28-37(46)51-52-38(28)48-39-36(41)40(27(29(42)23-15-7-3-8-16-23)33(47-39)30(43)24-17-9-4-10-18-24)49-34(31(44)25-19-11-5-12-20-25)35(50-40)32(45)26-21-13-6-14-22-26/h3-22H,2H2,1H3. The number of thioether (sulfide) groups is 4. The summed E-state index contributed by atoms with van der Waals surface area (Å²) in [6, 6.07) is 35.0. The molecular weight excluding hydrogens is 767 g/mol. The van der Waals surface area contributed by atoms with E-state index in [4.69, 9.17) is 0 Å². The van der Waals surface area contributed by atoms with Gasteiger partial charge in [0.2, 0.25) is 11.6 Å². The van der Waals surface area contributed by atoms with E-state index in [9.17, 15) is 19.2 Å². The summed E-state index contributed by atoms with van der Waals surface area (Å²) < 4.78 is -0.113. The Kier molecular flexibility index (Phi) is 9.62. The molecule has 52 heavy (non-hydrogen) atoms. The molecule has 4 aromatic carbocycles. The molecule has 1 aromatic heterocycles. The normalized spacial score (nSPS) is 16.2. The number of carbonyl (C=O) groups excluding carboxylic acids is 4. The number of Topliss-reactive ketones (excluding diaryl/α,β-unsaturated/α-hetero) is 4. The van der Waals surface area contributed by atoms with Gasteiger partial charge in [-0.3, -0.25) is 24.0 Å². The summed E-state index contributed by atoms with van der Waals surface area (Å²) in [5.41, 5.74) is 2.80. The first-order chi connectivity index (χ1) is 25.3. The molecule has 0 N–H and O–H groups in total. The van der Waals surface area contributed by atoms with Gasteiger partial charge in [-0.05, 0) is 17.3 Å². The van der Waals surface area contributed by atoms with E-state index in [1.165, 1.54) is 33.9 Å². The first-order valence-electron chi connectivity index (χ1n) is 16.1. The molecule has 0 radical (unpaired) electrons. The second-order valence-corrected chi connectivity index (χ2v) is 19.0. The molecule has 256 valence electrons. The molecular formula is C40H25NO5S6. The molecule has 6 nitrogen and oxygen atoms in total. The van der Waals surface area contributed by atoms with Gasteiger partial charge < -0.3 is 4.90 Å². The van der Waals surface area contributed by atoms with Crippen molar-refractivity contribution < 1.29 is 19.2 Å². The predicted molar refractivity (Wildman–Crippen MR) is 217 cm³/mol. The van der Waals surface area contributed by atoms with Crippen LogP contribution in [0.2, 0.25) is 0 Å². The maximum Gasteiger partial charge on any atom is 0.267 e. The van der Waals surface area contributed by atoms with E-state index in [1.807, 2.05) is 36.1 Å². The van der Waals surface area contributed by atoms with Crippen LogP contribution in [0.5, 0.6) is 0 Å². The number of carbonyl (C=O) groups is 4. The number of hydrogen-bond donors (Lipinski definition) is 0. The second kappa shape index (κ2) is 14.3. The lowest BCUT2D eigenvalue weighted by atomic mass is 9.94. The van der Waals surface area contributed by atoms with Crippen LogP contribution >= 0.6 is 67.7 Å². The van der Waals surface area contributed by atoms with Crippen LogP contribution in [0, 0.1) is 0 Å². The number of ketones is 4. The third-order valence-corrected chi connectivity index (χ3v) is 16.8. The molecule has 3 aliphatic heterocycles.